The molecule has 0 aliphatic carbocycles. The molecule has 2 heterocycles. The minimum absolute atomic E-state index is 0.317. The molecule has 1 aliphatic rings. The summed E-state index contributed by atoms with van der Waals surface area (Å²) in [6.07, 6.45) is 7.58. The second kappa shape index (κ2) is 10.6. The number of hydroxylamine groups is 1. The Morgan fingerprint density at radius 2 is 2.12 bits per heavy atom. The van der Waals surface area contributed by atoms with Crippen molar-refractivity contribution in [2.75, 3.05) is 6.61 Å². The molecule has 1 amide bonds. The van der Waals surface area contributed by atoms with Crippen molar-refractivity contribution in [1.29, 1.82) is 0 Å². The zero-order valence-corrected chi connectivity index (χ0v) is 18.7. The van der Waals surface area contributed by atoms with Crippen LogP contribution in [0.5, 0.6) is 0 Å². The summed E-state index contributed by atoms with van der Waals surface area (Å²) < 4.78 is 7.54. The second-order valence-electron chi connectivity index (χ2n) is 7.77. The first-order valence-corrected chi connectivity index (χ1v) is 11.1. The van der Waals surface area contributed by atoms with Crippen LogP contribution in [-0.4, -0.2) is 28.4 Å². The van der Waals surface area contributed by atoms with E-state index in [1.54, 1.807) is 6.08 Å². The van der Waals surface area contributed by atoms with Gasteiger partial charge in [0.15, 0.2) is 6.29 Å². The minimum atomic E-state index is -0.361. The number of benzene rings is 2. The predicted molar refractivity (Wildman–Crippen MR) is 125 cm³/mol. The molecule has 4 rings (SSSR count). The van der Waals surface area contributed by atoms with E-state index < -0.39 is 0 Å². The van der Waals surface area contributed by atoms with E-state index in [1.807, 2.05) is 42.7 Å². The molecule has 1 saturated heterocycles. The lowest BCUT2D eigenvalue weighted by Crippen LogP contribution is -2.32. The van der Waals surface area contributed by atoms with Crippen LogP contribution >= 0.6 is 11.6 Å². The molecule has 6 nitrogen and oxygen atoms in total. The van der Waals surface area contributed by atoms with Crippen LogP contribution in [0.15, 0.2) is 60.9 Å². The van der Waals surface area contributed by atoms with Gasteiger partial charge in [-0.15, -0.1) is 0 Å². The van der Waals surface area contributed by atoms with Crippen molar-refractivity contribution in [1.82, 2.24) is 15.0 Å². The highest BCUT2D eigenvalue weighted by atomic mass is 35.5. The molecule has 166 valence electrons. The number of rotatable bonds is 7. The van der Waals surface area contributed by atoms with Crippen molar-refractivity contribution in [2.24, 2.45) is 0 Å². The molecule has 0 bridgehead atoms. The zero-order valence-electron chi connectivity index (χ0n) is 18.0. The number of nitrogens with one attached hydrogen (secondary N) is 1. The number of imidazole rings is 1. The number of amides is 1. The fraction of sp³-hybridized carbons (Fsp3) is 0.280. The van der Waals surface area contributed by atoms with Gasteiger partial charge < -0.3 is 9.30 Å². The molecule has 0 radical (unpaired) electrons. The number of carbonyl (C=O) groups excluding carboxylic acids is 1. The van der Waals surface area contributed by atoms with Crippen LogP contribution in [0, 0.1) is 6.92 Å². The van der Waals surface area contributed by atoms with Gasteiger partial charge in [0.1, 0.15) is 0 Å². The number of aromatic nitrogens is 2. The van der Waals surface area contributed by atoms with Gasteiger partial charge in [0.25, 0.3) is 5.91 Å². The highest BCUT2D eigenvalue weighted by Crippen LogP contribution is 2.24. The van der Waals surface area contributed by atoms with Crippen LogP contribution in [0.25, 0.3) is 17.3 Å². The van der Waals surface area contributed by atoms with Crippen molar-refractivity contribution in [3.8, 4) is 11.3 Å². The maximum atomic E-state index is 12.0. The minimum Gasteiger partial charge on any atom is -0.350 e. The van der Waals surface area contributed by atoms with Crippen LogP contribution in [0.2, 0.25) is 5.02 Å². The van der Waals surface area contributed by atoms with Gasteiger partial charge in [0, 0.05) is 41.9 Å². The summed E-state index contributed by atoms with van der Waals surface area (Å²) in [5.74, 6) is -0.317. The molecule has 1 atom stereocenters. The summed E-state index contributed by atoms with van der Waals surface area (Å²) >= 11 is 6.00. The lowest BCUT2D eigenvalue weighted by molar-refractivity contribution is -0.198. The third-order valence-electron chi connectivity index (χ3n) is 5.38. The van der Waals surface area contributed by atoms with Crippen molar-refractivity contribution in [3.05, 3.63) is 82.8 Å². The van der Waals surface area contributed by atoms with Crippen LogP contribution in [0.4, 0.5) is 0 Å². The number of ether oxygens (including phenoxy) is 1. The molecule has 0 saturated carbocycles. The first kappa shape index (κ1) is 22.3. The Bertz CT molecular complexity index is 1090. The monoisotopic (exact) mass is 451 g/mol. The van der Waals surface area contributed by atoms with Gasteiger partial charge in [0.05, 0.1) is 12.0 Å². The van der Waals surface area contributed by atoms with Gasteiger partial charge in [-0.25, -0.2) is 15.3 Å². The Morgan fingerprint density at radius 3 is 2.91 bits per heavy atom. The van der Waals surface area contributed by atoms with Gasteiger partial charge in [0.2, 0.25) is 0 Å². The molecule has 0 spiro atoms. The summed E-state index contributed by atoms with van der Waals surface area (Å²) in [5.41, 5.74) is 7.54. The van der Waals surface area contributed by atoms with E-state index in [0.717, 1.165) is 47.3 Å². The fourth-order valence-corrected chi connectivity index (χ4v) is 3.75. The van der Waals surface area contributed by atoms with E-state index in [0.29, 0.717) is 18.2 Å². The molecule has 7 heteroatoms. The van der Waals surface area contributed by atoms with Gasteiger partial charge >= 0.3 is 0 Å². The van der Waals surface area contributed by atoms with Gasteiger partial charge in [-0.1, -0.05) is 41.9 Å². The lowest BCUT2D eigenvalue weighted by Gasteiger charge is -2.21. The molecular formula is C25H26ClN3O3. The van der Waals surface area contributed by atoms with E-state index in [9.17, 15) is 4.79 Å². The summed E-state index contributed by atoms with van der Waals surface area (Å²) in [6, 6.07) is 15.7. The smallest absolute Gasteiger partial charge is 0.267 e. The van der Waals surface area contributed by atoms with Gasteiger partial charge in [-0.3, -0.25) is 4.79 Å². The summed E-state index contributed by atoms with van der Waals surface area (Å²) in [6.45, 7) is 3.41. The van der Waals surface area contributed by atoms with E-state index in [-0.39, 0.29) is 12.2 Å². The first-order valence-electron chi connectivity index (χ1n) is 10.7. The van der Waals surface area contributed by atoms with E-state index >= 15 is 0 Å². The topological polar surface area (TPSA) is 65.4 Å². The quantitative estimate of drug-likeness (QED) is 0.398. The Morgan fingerprint density at radius 1 is 1.28 bits per heavy atom. The van der Waals surface area contributed by atoms with Crippen LogP contribution < -0.4 is 5.48 Å². The third-order valence-corrected chi connectivity index (χ3v) is 5.63. The standard InChI is InChI=1S/C25H26ClN3O3/c1-18-25(21-9-11-22(26)12-10-21)27-17-29(18)16-20-6-4-5-19(15-20)8-13-23(30)28-32-24-7-2-3-14-31-24/h4-6,8-13,15,17,24H,2-3,7,14,16H2,1H3,(H,28,30)/b13-8+. The molecule has 1 aromatic heterocycles. The molecule has 3 aromatic rings. The molecule has 1 aliphatic heterocycles. The number of nitrogens with zero attached hydrogens (tertiary/aromatic N) is 2. The average molecular weight is 452 g/mol. The largest absolute Gasteiger partial charge is 0.350 e. The van der Waals surface area contributed by atoms with Crippen molar-refractivity contribution in [2.45, 2.75) is 39.0 Å². The summed E-state index contributed by atoms with van der Waals surface area (Å²) in [5, 5.41) is 0.707. The van der Waals surface area contributed by atoms with Crippen molar-refractivity contribution in [3.63, 3.8) is 0 Å². The Balaban J connectivity index is 1.37. The number of hydrogen-bond acceptors (Lipinski definition) is 4. The number of carbonyl (C=O) groups is 1. The Kier molecular flexibility index (Phi) is 7.37. The number of hydrogen-bond donors (Lipinski definition) is 1. The summed E-state index contributed by atoms with van der Waals surface area (Å²) in [4.78, 5) is 21.9. The van der Waals surface area contributed by atoms with Crippen molar-refractivity contribution < 1.29 is 14.4 Å². The van der Waals surface area contributed by atoms with Crippen molar-refractivity contribution >= 4 is 23.6 Å². The lowest BCUT2D eigenvalue weighted by atomic mass is 10.1. The number of halogens is 1. The SMILES string of the molecule is Cc1c(-c2ccc(Cl)cc2)ncn1Cc1cccc(/C=C/C(=O)NOC2CCCCO2)c1. The molecular weight excluding hydrogens is 426 g/mol. The van der Waals surface area contributed by atoms with Crippen LogP contribution in [-0.2, 0) is 20.9 Å². The maximum absolute atomic E-state index is 12.0. The molecule has 1 fully saturated rings. The highest BCUT2D eigenvalue weighted by Gasteiger charge is 2.15. The second-order valence-corrected chi connectivity index (χ2v) is 8.21. The predicted octanol–water partition coefficient (Wildman–Crippen LogP) is 5.15. The maximum Gasteiger partial charge on any atom is 0.267 e. The molecule has 1 N–H and O–H groups in total. The first-order chi connectivity index (χ1) is 15.6. The van der Waals surface area contributed by atoms with E-state index in [4.69, 9.17) is 21.2 Å². The van der Waals surface area contributed by atoms with E-state index in [1.165, 1.54) is 6.08 Å². The molecule has 2 aromatic carbocycles. The fourth-order valence-electron chi connectivity index (χ4n) is 3.62. The highest BCUT2D eigenvalue weighted by molar-refractivity contribution is 6.30. The third kappa shape index (κ3) is 5.85. The zero-order chi connectivity index (χ0) is 22.3. The van der Waals surface area contributed by atoms with E-state index in [2.05, 4.69) is 34.1 Å². The average Bonchev–Trinajstić information content (AvgIpc) is 3.17. The molecule has 1 unspecified atom stereocenters. The van der Waals surface area contributed by atoms with Gasteiger partial charge in [-0.05, 0) is 55.2 Å². The van der Waals surface area contributed by atoms with Gasteiger partial charge in [-0.2, -0.15) is 0 Å². The summed E-state index contributed by atoms with van der Waals surface area (Å²) in [7, 11) is 0. The Hall–Kier alpha value is -2.93. The van der Waals surface area contributed by atoms with Crippen LogP contribution in [0.3, 0.4) is 0 Å². The normalized spacial score (nSPS) is 16.4. The van der Waals surface area contributed by atoms with Crippen LogP contribution in [0.1, 0.15) is 36.1 Å². The molecule has 32 heavy (non-hydrogen) atoms. The Labute approximate surface area is 192 Å².